The number of aliphatic hydroxyl groups excluding tert-OH is 2. The van der Waals surface area contributed by atoms with E-state index in [-0.39, 0.29) is 30.5 Å². The maximum absolute atomic E-state index is 14.3. The lowest BCUT2D eigenvalue weighted by Gasteiger charge is -2.66. The standard InChI is InChI=1S/C31H48O7/c1-25(2,36)13-12-21(33)30(8,37)24-19(32)15-27(5)20-11-10-17-18(14-22(34)31(9,38)26(17,3)4)29(20,7)23(35)16-28(24,27)6/h10,12-13,18-20,22,24,32,34,36-38H,11,14-16H2,1-9H3/b13-12+/t18-,19-,20+,22+,24+,27+,28-,29+,30+,31-/m1/s1. The second kappa shape index (κ2) is 8.32. The van der Waals surface area contributed by atoms with Crippen LogP contribution < -0.4 is 0 Å². The molecule has 0 heterocycles. The van der Waals surface area contributed by atoms with Gasteiger partial charge in [-0.25, -0.2) is 0 Å². The van der Waals surface area contributed by atoms with Gasteiger partial charge in [0.2, 0.25) is 0 Å². The number of rotatable bonds is 4. The summed E-state index contributed by atoms with van der Waals surface area (Å²) in [5.41, 5.74) is -6.52. The number of hydrogen-bond acceptors (Lipinski definition) is 7. The van der Waals surface area contributed by atoms with Gasteiger partial charge in [-0.15, -0.1) is 0 Å². The lowest BCUT2D eigenvalue weighted by atomic mass is 9.37. The van der Waals surface area contributed by atoms with Crippen LogP contribution in [0, 0.1) is 39.4 Å². The average molecular weight is 533 g/mol. The van der Waals surface area contributed by atoms with Crippen LogP contribution in [0.2, 0.25) is 0 Å². The van der Waals surface area contributed by atoms with Crippen LogP contribution in [0.25, 0.3) is 0 Å². The van der Waals surface area contributed by atoms with E-state index in [1.807, 2.05) is 27.7 Å². The minimum Gasteiger partial charge on any atom is -0.393 e. The Balaban J connectivity index is 1.80. The zero-order chi connectivity index (χ0) is 29.1. The van der Waals surface area contributed by atoms with Crippen molar-refractivity contribution in [2.45, 2.75) is 117 Å². The predicted molar refractivity (Wildman–Crippen MR) is 144 cm³/mol. The van der Waals surface area contributed by atoms with Crippen LogP contribution in [0.4, 0.5) is 0 Å². The van der Waals surface area contributed by atoms with Crippen LogP contribution in [-0.4, -0.2) is 66.1 Å². The number of aliphatic hydroxyl groups is 5. The highest BCUT2D eigenvalue weighted by Crippen LogP contribution is 2.74. The van der Waals surface area contributed by atoms with E-state index in [4.69, 9.17) is 0 Å². The van der Waals surface area contributed by atoms with Gasteiger partial charge >= 0.3 is 0 Å². The van der Waals surface area contributed by atoms with Crippen LogP contribution in [0.5, 0.6) is 0 Å². The zero-order valence-corrected chi connectivity index (χ0v) is 24.5. The lowest BCUT2D eigenvalue weighted by Crippen LogP contribution is -2.67. The number of carbonyl (C=O) groups is 2. The number of allylic oxidation sites excluding steroid dienone is 1. The summed E-state index contributed by atoms with van der Waals surface area (Å²) in [6, 6.07) is 0. The minimum absolute atomic E-state index is 0.0111. The summed E-state index contributed by atoms with van der Waals surface area (Å²) in [4.78, 5) is 27.6. The molecule has 0 radical (unpaired) electrons. The van der Waals surface area contributed by atoms with Crippen molar-refractivity contribution in [1.82, 2.24) is 0 Å². The molecule has 0 amide bonds. The second-order valence-electron chi connectivity index (χ2n) is 15.0. The Morgan fingerprint density at radius 2 is 1.61 bits per heavy atom. The first kappa shape index (κ1) is 29.6. The lowest BCUT2D eigenvalue weighted by molar-refractivity contribution is -0.196. The molecule has 0 saturated heterocycles. The van der Waals surface area contributed by atoms with E-state index >= 15 is 0 Å². The van der Waals surface area contributed by atoms with Crippen molar-refractivity contribution in [2.75, 3.05) is 0 Å². The molecule has 4 aliphatic carbocycles. The molecular weight excluding hydrogens is 484 g/mol. The van der Waals surface area contributed by atoms with Gasteiger partial charge in [0.05, 0.1) is 23.4 Å². The quantitative estimate of drug-likeness (QED) is 0.277. The molecule has 0 aromatic rings. The molecular formula is C31H48O7. The third kappa shape index (κ3) is 3.64. The Morgan fingerprint density at radius 3 is 2.16 bits per heavy atom. The van der Waals surface area contributed by atoms with Gasteiger partial charge in [-0.1, -0.05) is 52.3 Å². The maximum atomic E-state index is 14.3. The first-order valence-electron chi connectivity index (χ1n) is 14.0. The van der Waals surface area contributed by atoms with Crippen molar-refractivity contribution in [2.24, 2.45) is 39.4 Å². The van der Waals surface area contributed by atoms with E-state index in [9.17, 15) is 35.1 Å². The van der Waals surface area contributed by atoms with E-state index in [2.05, 4.69) is 13.0 Å². The summed E-state index contributed by atoms with van der Waals surface area (Å²) in [6.07, 6.45) is 3.91. The third-order valence-corrected chi connectivity index (χ3v) is 12.1. The van der Waals surface area contributed by atoms with Crippen LogP contribution in [0.15, 0.2) is 23.8 Å². The van der Waals surface area contributed by atoms with Gasteiger partial charge < -0.3 is 25.5 Å². The molecule has 0 bridgehead atoms. The maximum Gasteiger partial charge on any atom is 0.187 e. The van der Waals surface area contributed by atoms with Crippen molar-refractivity contribution in [1.29, 1.82) is 0 Å². The molecule has 5 N–H and O–H groups in total. The van der Waals surface area contributed by atoms with Crippen LogP contribution in [0.1, 0.15) is 88.0 Å². The number of hydrogen-bond donors (Lipinski definition) is 5. The summed E-state index contributed by atoms with van der Waals surface area (Å²) in [7, 11) is 0. The number of carbonyl (C=O) groups excluding carboxylic acids is 2. The molecule has 0 spiro atoms. The Kier molecular flexibility index (Phi) is 6.48. The van der Waals surface area contributed by atoms with E-state index in [0.29, 0.717) is 12.8 Å². The van der Waals surface area contributed by atoms with Crippen molar-refractivity contribution >= 4 is 11.6 Å². The summed E-state index contributed by atoms with van der Waals surface area (Å²) >= 11 is 0. The predicted octanol–water partition coefficient (Wildman–Crippen LogP) is 3.11. The molecule has 7 nitrogen and oxygen atoms in total. The fourth-order valence-corrected chi connectivity index (χ4v) is 9.27. The molecule has 38 heavy (non-hydrogen) atoms. The average Bonchev–Trinajstić information content (AvgIpc) is 2.96. The van der Waals surface area contributed by atoms with Crippen molar-refractivity contribution in [3.63, 3.8) is 0 Å². The molecule has 3 saturated carbocycles. The zero-order valence-electron chi connectivity index (χ0n) is 24.5. The van der Waals surface area contributed by atoms with Crippen LogP contribution in [-0.2, 0) is 9.59 Å². The molecule has 0 aromatic heterocycles. The Bertz CT molecular complexity index is 1090. The van der Waals surface area contributed by atoms with E-state index < -0.39 is 62.4 Å². The van der Waals surface area contributed by atoms with Gasteiger partial charge in [0.15, 0.2) is 5.78 Å². The van der Waals surface area contributed by atoms with Crippen molar-refractivity contribution < 1.29 is 35.1 Å². The van der Waals surface area contributed by atoms with Gasteiger partial charge in [-0.3, -0.25) is 9.59 Å². The van der Waals surface area contributed by atoms with Crippen molar-refractivity contribution in [3.05, 3.63) is 23.8 Å². The van der Waals surface area contributed by atoms with Gasteiger partial charge in [0, 0.05) is 23.2 Å². The highest BCUT2D eigenvalue weighted by Gasteiger charge is 2.75. The number of fused-ring (bicyclic) bond motifs is 5. The largest absolute Gasteiger partial charge is 0.393 e. The molecule has 4 rings (SSSR count). The topological polar surface area (TPSA) is 135 Å². The first-order valence-corrected chi connectivity index (χ1v) is 14.0. The summed E-state index contributed by atoms with van der Waals surface area (Å²) < 4.78 is 0. The smallest absolute Gasteiger partial charge is 0.187 e. The second-order valence-corrected chi connectivity index (χ2v) is 15.0. The van der Waals surface area contributed by atoms with Gasteiger partial charge in [0.25, 0.3) is 0 Å². The summed E-state index contributed by atoms with van der Waals surface area (Å²) in [5, 5.41) is 55.4. The Labute approximate surface area is 227 Å². The van der Waals surface area contributed by atoms with E-state index in [1.54, 1.807) is 6.92 Å². The van der Waals surface area contributed by atoms with Crippen molar-refractivity contribution in [3.8, 4) is 0 Å². The summed E-state index contributed by atoms with van der Waals surface area (Å²) in [6.45, 7) is 16.0. The molecule has 214 valence electrons. The molecule has 10 atom stereocenters. The molecule has 0 unspecified atom stereocenters. The highest BCUT2D eigenvalue weighted by molar-refractivity contribution is 5.97. The van der Waals surface area contributed by atoms with Gasteiger partial charge in [-0.05, 0) is 75.7 Å². The molecule has 0 aromatic carbocycles. The number of ketones is 2. The molecule has 7 heteroatoms. The van der Waals surface area contributed by atoms with Crippen LogP contribution in [0.3, 0.4) is 0 Å². The number of Topliss-reactive ketones (excluding diaryl/α,β-unsaturated/α-hetero) is 1. The van der Waals surface area contributed by atoms with E-state index in [0.717, 1.165) is 5.57 Å². The monoisotopic (exact) mass is 532 g/mol. The summed E-state index contributed by atoms with van der Waals surface area (Å²) in [5.74, 6) is -1.92. The highest BCUT2D eigenvalue weighted by atomic mass is 16.3. The Hall–Kier alpha value is -1.38. The van der Waals surface area contributed by atoms with Gasteiger partial charge in [0.1, 0.15) is 11.4 Å². The van der Waals surface area contributed by atoms with Crippen LogP contribution >= 0.6 is 0 Å². The molecule has 0 aliphatic heterocycles. The Morgan fingerprint density at radius 1 is 1.03 bits per heavy atom. The molecule has 3 fully saturated rings. The fraction of sp³-hybridized carbons (Fsp3) is 0.806. The normalized spacial score (nSPS) is 48.1. The SMILES string of the molecule is CC(C)(O)/C=C/C(=O)[C@](C)(O)[C@H]1[C@H](O)C[C@@]2(C)[C@@H]3CC=C4[C@@H](C[C@H](O)[C@@](C)(O)C4(C)C)[C@]3(C)C(=O)C[C@]12C. The first-order chi connectivity index (χ1) is 17.0. The third-order valence-electron chi connectivity index (χ3n) is 12.1. The van der Waals surface area contributed by atoms with E-state index in [1.165, 1.54) is 32.9 Å². The minimum atomic E-state index is -1.95. The fourth-order valence-electron chi connectivity index (χ4n) is 9.27. The molecule has 4 aliphatic rings. The van der Waals surface area contributed by atoms with Gasteiger partial charge in [-0.2, -0.15) is 0 Å².